The first-order chi connectivity index (χ1) is 6.47. The third-order valence-corrected chi connectivity index (χ3v) is 3.05. The number of hydrogen-bond acceptors (Lipinski definition) is 2. The van der Waals surface area contributed by atoms with Crippen LogP contribution in [0.3, 0.4) is 0 Å². The third-order valence-electron chi connectivity index (χ3n) is 1.97. The van der Waals surface area contributed by atoms with Crippen molar-refractivity contribution in [2.75, 3.05) is 5.32 Å². The van der Waals surface area contributed by atoms with Crippen LogP contribution in [-0.4, -0.2) is 5.37 Å². The summed E-state index contributed by atoms with van der Waals surface area (Å²) < 4.78 is 37.0. The highest BCUT2D eigenvalue weighted by Crippen LogP contribution is 2.41. The molecule has 1 aliphatic rings. The van der Waals surface area contributed by atoms with Gasteiger partial charge in [0, 0.05) is 10.6 Å². The van der Waals surface area contributed by atoms with Gasteiger partial charge in [-0.15, -0.1) is 0 Å². The predicted octanol–water partition coefficient (Wildman–Crippen LogP) is 3.57. The minimum atomic E-state index is -4.26. The van der Waals surface area contributed by atoms with E-state index in [0.717, 1.165) is 17.0 Å². The summed E-state index contributed by atoms with van der Waals surface area (Å²) >= 11 is 1.53. The smallest absolute Gasteiger partial charge is 0.372 e. The van der Waals surface area contributed by atoms with Gasteiger partial charge in [-0.2, -0.15) is 13.2 Å². The van der Waals surface area contributed by atoms with E-state index in [1.807, 2.05) is 6.92 Å². The monoisotopic (exact) mass is 219 g/mol. The maximum atomic E-state index is 12.3. The molecule has 1 heterocycles. The number of nitrogens with one attached hydrogen (secondary N) is 1. The van der Waals surface area contributed by atoms with Gasteiger partial charge in [-0.25, -0.2) is 0 Å². The zero-order valence-corrected chi connectivity index (χ0v) is 8.17. The lowest BCUT2D eigenvalue weighted by molar-refractivity contribution is -0.137. The van der Waals surface area contributed by atoms with Gasteiger partial charge in [0.1, 0.15) is 0 Å². The second kappa shape index (κ2) is 3.08. The Kier molecular flexibility index (Phi) is 2.14. The topological polar surface area (TPSA) is 12.0 Å². The van der Waals surface area contributed by atoms with Crippen LogP contribution in [0, 0.1) is 0 Å². The number of alkyl halides is 3. The molecule has 0 bridgehead atoms. The van der Waals surface area contributed by atoms with Crippen LogP contribution in [-0.2, 0) is 6.18 Å². The van der Waals surface area contributed by atoms with E-state index in [0.29, 0.717) is 5.69 Å². The van der Waals surface area contributed by atoms with Crippen molar-refractivity contribution in [3.63, 3.8) is 0 Å². The first-order valence-corrected chi connectivity index (χ1v) is 4.99. The second-order valence-electron chi connectivity index (χ2n) is 3.11. The molecule has 0 fully saturated rings. The molecule has 0 radical (unpaired) electrons. The van der Waals surface area contributed by atoms with Gasteiger partial charge < -0.3 is 5.32 Å². The Morgan fingerprint density at radius 3 is 2.71 bits per heavy atom. The number of halogens is 3. The predicted molar refractivity (Wildman–Crippen MR) is 50.4 cm³/mol. The summed E-state index contributed by atoms with van der Waals surface area (Å²) in [5.74, 6) is 0. The Morgan fingerprint density at radius 2 is 2.07 bits per heavy atom. The maximum Gasteiger partial charge on any atom is 0.416 e. The molecule has 1 N–H and O–H groups in total. The molecule has 5 heteroatoms. The lowest BCUT2D eigenvalue weighted by Gasteiger charge is -2.08. The van der Waals surface area contributed by atoms with Crippen molar-refractivity contribution in [1.29, 1.82) is 0 Å². The van der Waals surface area contributed by atoms with Gasteiger partial charge in [0.15, 0.2) is 0 Å². The highest BCUT2D eigenvalue weighted by atomic mass is 32.2. The van der Waals surface area contributed by atoms with E-state index in [9.17, 15) is 13.2 Å². The van der Waals surface area contributed by atoms with E-state index in [1.165, 1.54) is 17.8 Å². The van der Waals surface area contributed by atoms with Crippen LogP contribution in [0.4, 0.5) is 18.9 Å². The Balaban J connectivity index is 2.38. The summed E-state index contributed by atoms with van der Waals surface area (Å²) in [6.45, 7) is 1.91. The molecule has 0 spiro atoms. The Bertz CT molecular complexity index is 362. The quantitative estimate of drug-likeness (QED) is 0.715. The van der Waals surface area contributed by atoms with Gasteiger partial charge in [0.2, 0.25) is 0 Å². The average Bonchev–Trinajstić information content (AvgIpc) is 2.41. The van der Waals surface area contributed by atoms with Gasteiger partial charge >= 0.3 is 6.18 Å². The minimum Gasteiger partial charge on any atom is -0.372 e. The lowest BCUT2D eigenvalue weighted by Crippen LogP contribution is -2.06. The molecule has 76 valence electrons. The number of thioether (sulfide) groups is 1. The van der Waals surface area contributed by atoms with Gasteiger partial charge in [-0.3, -0.25) is 0 Å². The summed E-state index contributed by atoms with van der Waals surface area (Å²) in [6, 6.07) is 3.79. The summed E-state index contributed by atoms with van der Waals surface area (Å²) in [5.41, 5.74) is -0.0178. The normalized spacial score (nSPS) is 20.4. The lowest BCUT2D eigenvalue weighted by atomic mass is 10.2. The van der Waals surface area contributed by atoms with Gasteiger partial charge in [0.25, 0.3) is 0 Å². The van der Waals surface area contributed by atoms with Gasteiger partial charge in [-0.05, 0) is 25.1 Å². The van der Waals surface area contributed by atoms with Crippen LogP contribution >= 0.6 is 11.8 Å². The molecule has 1 aromatic carbocycles. The van der Waals surface area contributed by atoms with Crippen LogP contribution in [0.15, 0.2) is 23.1 Å². The van der Waals surface area contributed by atoms with Crippen molar-refractivity contribution in [3.8, 4) is 0 Å². The zero-order valence-electron chi connectivity index (χ0n) is 7.35. The number of fused-ring (bicyclic) bond motifs is 1. The molecule has 1 unspecified atom stereocenters. The Morgan fingerprint density at radius 1 is 1.36 bits per heavy atom. The van der Waals surface area contributed by atoms with Crippen molar-refractivity contribution >= 4 is 17.4 Å². The van der Waals surface area contributed by atoms with Crippen LogP contribution < -0.4 is 5.32 Å². The molecule has 1 aliphatic heterocycles. The van der Waals surface area contributed by atoms with E-state index in [-0.39, 0.29) is 5.37 Å². The molecule has 1 atom stereocenters. The van der Waals surface area contributed by atoms with E-state index < -0.39 is 11.7 Å². The standard InChI is InChI=1S/C9H8F3NS/c1-5-13-7-4-6(9(10,11)12)2-3-8(7)14-5/h2-5,13H,1H3. The molecule has 1 aromatic rings. The van der Waals surface area contributed by atoms with E-state index in [2.05, 4.69) is 5.32 Å². The Labute approximate surface area is 83.7 Å². The summed E-state index contributed by atoms with van der Waals surface area (Å²) in [7, 11) is 0. The van der Waals surface area contributed by atoms with Crippen molar-refractivity contribution in [2.24, 2.45) is 0 Å². The number of rotatable bonds is 0. The molecule has 0 saturated heterocycles. The number of anilines is 1. The molecule has 14 heavy (non-hydrogen) atoms. The highest BCUT2D eigenvalue weighted by Gasteiger charge is 2.32. The molecular formula is C9H8F3NS. The molecule has 2 rings (SSSR count). The van der Waals surface area contributed by atoms with Crippen molar-refractivity contribution in [2.45, 2.75) is 23.4 Å². The largest absolute Gasteiger partial charge is 0.416 e. The molecule has 1 nitrogen and oxygen atoms in total. The molecule has 0 aromatic heterocycles. The summed E-state index contributed by atoms with van der Waals surface area (Å²) in [6.07, 6.45) is -4.26. The fourth-order valence-electron chi connectivity index (χ4n) is 1.36. The van der Waals surface area contributed by atoms with E-state index in [4.69, 9.17) is 0 Å². The maximum absolute atomic E-state index is 12.3. The van der Waals surface area contributed by atoms with Crippen molar-refractivity contribution in [1.82, 2.24) is 0 Å². The molecule has 0 amide bonds. The van der Waals surface area contributed by atoms with Crippen LogP contribution in [0.2, 0.25) is 0 Å². The summed E-state index contributed by atoms with van der Waals surface area (Å²) in [5, 5.41) is 3.12. The molecule has 0 saturated carbocycles. The minimum absolute atomic E-state index is 0.147. The Hall–Kier alpha value is -0.840. The van der Waals surface area contributed by atoms with Crippen LogP contribution in [0.25, 0.3) is 0 Å². The zero-order chi connectivity index (χ0) is 10.3. The van der Waals surface area contributed by atoms with E-state index >= 15 is 0 Å². The van der Waals surface area contributed by atoms with Crippen molar-refractivity contribution in [3.05, 3.63) is 23.8 Å². The van der Waals surface area contributed by atoms with Gasteiger partial charge in [0.05, 0.1) is 10.9 Å². The molecular weight excluding hydrogens is 211 g/mol. The fourth-order valence-corrected chi connectivity index (χ4v) is 2.32. The molecule has 0 aliphatic carbocycles. The van der Waals surface area contributed by atoms with Gasteiger partial charge in [-0.1, -0.05) is 11.8 Å². The first kappa shape index (κ1) is 9.71. The fraction of sp³-hybridized carbons (Fsp3) is 0.333. The SMILES string of the molecule is CC1Nc2cc(C(F)(F)F)ccc2S1. The third kappa shape index (κ3) is 1.68. The number of hydrogen-bond donors (Lipinski definition) is 1. The summed E-state index contributed by atoms with van der Waals surface area (Å²) in [4.78, 5) is 0.880. The van der Waals surface area contributed by atoms with Crippen molar-refractivity contribution < 1.29 is 13.2 Å². The number of benzene rings is 1. The second-order valence-corrected chi connectivity index (χ2v) is 4.50. The van der Waals surface area contributed by atoms with Crippen LogP contribution in [0.5, 0.6) is 0 Å². The highest BCUT2D eigenvalue weighted by molar-refractivity contribution is 8.00. The average molecular weight is 219 g/mol. The van der Waals surface area contributed by atoms with E-state index in [1.54, 1.807) is 0 Å². The van der Waals surface area contributed by atoms with Crippen LogP contribution in [0.1, 0.15) is 12.5 Å². The first-order valence-electron chi connectivity index (χ1n) is 4.11.